The lowest BCUT2D eigenvalue weighted by Gasteiger charge is -2.10. The van der Waals surface area contributed by atoms with Crippen LogP contribution in [0.2, 0.25) is 0 Å². The van der Waals surface area contributed by atoms with E-state index in [-0.39, 0.29) is 5.91 Å². The fourth-order valence-corrected chi connectivity index (χ4v) is 3.23. The van der Waals surface area contributed by atoms with Gasteiger partial charge in [-0.3, -0.25) is 14.4 Å². The first-order chi connectivity index (χ1) is 11.8. The van der Waals surface area contributed by atoms with Gasteiger partial charge in [0.2, 0.25) is 0 Å². The fraction of sp³-hybridized carbons (Fsp3) is 0.278. The number of carboxylic acid groups (broad SMARTS) is 1. The number of benzene rings is 1. The van der Waals surface area contributed by atoms with Crippen LogP contribution in [0.5, 0.6) is 0 Å². The molecule has 2 rings (SSSR count). The molecule has 1 heterocycles. The molecule has 25 heavy (non-hydrogen) atoms. The van der Waals surface area contributed by atoms with Gasteiger partial charge >= 0.3 is 5.97 Å². The number of thiophene rings is 1. The average molecular weight is 360 g/mol. The van der Waals surface area contributed by atoms with Gasteiger partial charge in [0.25, 0.3) is 11.8 Å². The summed E-state index contributed by atoms with van der Waals surface area (Å²) >= 11 is 1.47. The largest absolute Gasteiger partial charge is 0.480 e. The predicted molar refractivity (Wildman–Crippen MR) is 97.4 cm³/mol. The van der Waals surface area contributed by atoms with Gasteiger partial charge in [0.1, 0.15) is 6.04 Å². The maximum Gasteiger partial charge on any atom is 0.325 e. The first kappa shape index (κ1) is 18.7. The molecule has 0 aliphatic rings. The summed E-state index contributed by atoms with van der Waals surface area (Å²) in [4.78, 5) is 36.8. The average Bonchev–Trinajstić information content (AvgIpc) is 2.96. The Morgan fingerprint density at radius 2 is 1.80 bits per heavy atom. The number of hydrogen-bond acceptors (Lipinski definition) is 4. The number of amides is 2. The van der Waals surface area contributed by atoms with E-state index in [9.17, 15) is 14.4 Å². The normalized spacial score (nSPS) is 11.6. The van der Waals surface area contributed by atoms with E-state index in [1.54, 1.807) is 12.1 Å². The van der Waals surface area contributed by atoms with Crippen LogP contribution in [0.1, 0.15) is 44.3 Å². The Bertz CT molecular complexity index is 796. The van der Waals surface area contributed by atoms with E-state index in [0.717, 1.165) is 12.0 Å². The summed E-state index contributed by atoms with van der Waals surface area (Å²) in [5, 5.41) is 14.0. The minimum absolute atomic E-state index is 0.190. The van der Waals surface area contributed by atoms with Gasteiger partial charge in [-0.2, -0.15) is 0 Å². The number of carbonyl (C=O) groups excluding carboxylic acids is 2. The highest BCUT2D eigenvalue weighted by Gasteiger charge is 2.16. The fourth-order valence-electron chi connectivity index (χ4n) is 2.22. The van der Waals surface area contributed by atoms with Crippen LogP contribution >= 0.6 is 11.3 Å². The zero-order chi connectivity index (χ0) is 18.6. The molecule has 0 bridgehead atoms. The van der Waals surface area contributed by atoms with Crippen molar-refractivity contribution in [1.82, 2.24) is 5.32 Å². The van der Waals surface area contributed by atoms with E-state index in [2.05, 4.69) is 17.6 Å². The van der Waals surface area contributed by atoms with Gasteiger partial charge in [0, 0.05) is 16.1 Å². The summed E-state index contributed by atoms with van der Waals surface area (Å²) in [5.41, 5.74) is 2.00. The Morgan fingerprint density at radius 1 is 1.16 bits per heavy atom. The van der Waals surface area contributed by atoms with E-state index >= 15 is 0 Å². The Kier molecular flexibility index (Phi) is 5.93. The Balaban J connectivity index is 2.03. The second-order valence-electron chi connectivity index (χ2n) is 5.64. The second-order valence-corrected chi connectivity index (χ2v) is 6.77. The van der Waals surface area contributed by atoms with E-state index < -0.39 is 17.9 Å². The van der Waals surface area contributed by atoms with E-state index in [1.807, 2.05) is 13.0 Å². The van der Waals surface area contributed by atoms with Crippen LogP contribution in [-0.4, -0.2) is 28.9 Å². The quantitative estimate of drug-likeness (QED) is 0.738. The number of anilines is 1. The topological polar surface area (TPSA) is 95.5 Å². The van der Waals surface area contributed by atoms with Crippen molar-refractivity contribution >= 4 is 34.8 Å². The van der Waals surface area contributed by atoms with Crippen molar-refractivity contribution in [3.63, 3.8) is 0 Å². The van der Waals surface area contributed by atoms with Crippen LogP contribution in [0.3, 0.4) is 0 Å². The van der Waals surface area contributed by atoms with Crippen LogP contribution in [-0.2, 0) is 11.2 Å². The van der Waals surface area contributed by atoms with Crippen LogP contribution in [0.15, 0.2) is 30.3 Å². The molecule has 132 valence electrons. The lowest BCUT2D eigenvalue weighted by atomic mass is 10.1. The monoisotopic (exact) mass is 360 g/mol. The van der Waals surface area contributed by atoms with Crippen molar-refractivity contribution < 1.29 is 19.5 Å². The summed E-state index contributed by atoms with van der Waals surface area (Å²) in [6, 6.07) is 7.20. The molecule has 0 fully saturated rings. The first-order valence-electron chi connectivity index (χ1n) is 7.86. The summed E-state index contributed by atoms with van der Waals surface area (Å²) in [5.74, 6) is -1.77. The van der Waals surface area contributed by atoms with Crippen molar-refractivity contribution in [2.24, 2.45) is 0 Å². The number of aliphatic carboxylic acids is 1. The standard InChI is InChI=1S/C18H20N2O4S/c1-4-14-10(2)9-15(25-14)17(22)20-13-7-5-12(6-8-13)16(21)19-11(3)18(23)24/h5-9,11H,4H2,1-3H3,(H,19,21)(H,20,22)(H,23,24). The molecule has 1 aromatic heterocycles. The highest BCUT2D eigenvalue weighted by molar-refractivity contribution is 7.14. The highest BCUT2D eigenvalue weighted by Crippen LogP contribution is 2.23. The molecule has 2 aromatic rings. The molecule has 2 amide bonds. The Labute approximate surface area is 149 Å². The minimum atomic E-state index is -1.10. The molecule has 3 N–H and O–H groups in total. The van der Waals surface area contributed by atoms with E-state index in [4.69, 9.17) is 5.11 Å². The molecule has 0 saturated heterocycles. The number of carboxylic acids is 1. The van der Waals surface area contributed by atoms with Crippen LogP contribution < -0.4 is 10.6 Å². The van der Waals surface area contributed by atoms with Crippen molar-refractivity contribution in [2.75, 3.05) is 5.32 Å². The van der Waals surface area contributed by atoms with Crippen LogP contribution in [0.25, 0.3) is 0 Å². The first-order valence-corrected chi connectivity index (χ1v) is 8.67. The Morgan fingerprint density at radius 3 is 2.32 bits per heavy atom. The number of nitrogens with one attached hydrogen (secondary N) is 2. The van der Waals surface area contributed by atoms with Gasteiger partial charge in [-0.15, -0.1) is 11.3 Å². The van der Waals surface area contributed by atoms with Crippen molar-refractivity contribution in [1.29, 1.82) is 0 Å². The van der Waals surface area contributed by atoms with Gasteiger partial charge < -0.3 is 15.7 Å². The molecule has 6 nitrogen and oxygen atoms in total. The second kappa shape index (κ2) is 7.94. The zero-order valence-electron chi connectivity index (χ0n) is 14.3. The number of rotatable bonds is 6. The molecular formula is C18H20N2O4S. The number of carbonyl (C=O) groups is 3. The van der Waals surface area contributed by atoms with Gasteiger partial charge in [-0.1, -0.05) is 6.92 Å². The van der Waals surface area contributed by atoms with Crippen LogP contribution in [0.4, 0.5) is 5.69 Å². The van der Waals surface area contributed by atoms with Gasteiger partial charge in [0.15, 0.2) is 0 Å². The van der Waals surface area contributed by atoms with E-state index in [1.165, 1.54) is 35.3 Å². The molecule has 1 atom stereocenters. The molecule has 0 radical (unpaired) electrons. The minimum Gasteiger partial charge on any atom is -0.480 e. The SMILES string of the molecule is CCc1sc(C(=O)Nc2ccc(C(=O)NC(C)C(=O)O)cc2)cc1C. The molecular weight excluding hydrogens is 340 g/mol. The zero-order valence-corrected chi connectivity index (χ0v) is 15.1. The van der Waals surface area contributed by atoms with Crippen LogP contribution in [0, 0.1) is 6.92 Å². The molecule has 0 aliphatic carbocycles. The lowest BCUT2D eigenvalue weighted by molar-refractivity contribution is -0.138. The molecule has 1 unspecified atom stereocenters. The Hall–Kier alpha value is -2.67. The molecule has 1 aromatic carbocycles. The van der Waals surface area contributed by atoms with Gasteiger partial charge in [-0.25, -0.2) is 0 Å². The third-order valence-electron chi connectivity index (χ3n) is 3.69. The third kappa shape index (κ3) is 4.67. The summed E-state index contributed by atoms with van der Waals surface area (Å²) in [6.07, 6.45) is 0.891. The summed E-state index contributed by atoms with van der Waals surface area (Å²) in [7, 11) is 0. The predicted octanol–water partition coefficient (Wildman–Crippen LogP) is 3.07. The van der Waals surface area contributed by atoms with E-state index in [0.29, 0.717) is 16.1 Å². The number of aryl methyl sites for hydroxylation is 2. The van der Waals surface area contributed by atoms with Crippen molar-refractivity contribution in [3.05, 3.63) is 51.2 Å². The third-order valence-corrected chi connectivity index (χ3v) is 5.07. The molecule has 0 spiro atoms. The van der Waals surface area contributed by atoms with Gasteiger partial charge in [-0.05, 0) is 56.2 Å². The van der Waals surface area contributed by atoms with Crippen molar-refractivity contribution in [2.45, 2.75) is 33.2 Å². The summed E-state index contributed by atoms with van der Waals surface area (Å²) in [6.45, 7) is 5.43. The molecule has 0 saturated carbocycles. The highest BCUT2D eigenvalue weighted by atomic mass is 32.1. The maximum absolute atomic E-state index is 12.3. The van der Waals surface area contributed by atoms with Crippen molar-refractivity contribution in [3.8, 4) is 0 Å². The van der Waals surface area contributed by atoms with Gasteiger partial charge in [0.05, 0.1) is 4.88 Å². The molecule has 0 aliphatic heterocycles. The number of hydrogen-bond donors (Lipinski definition) is 3. The smallest absolute Gasteiger partial charge is 0.325 e. The summed E-state index contributed by atoms with van der Waals surface area (Å²) < 4.78 is 0. The maximum atomic E-state index is 12.3. The lowest BCUT2D eigenvalue weighted by Crippen LogP contribution is -2.38. The molecule has 7 heteroatoms.